The van der Waals surface area contributed by atoms with Gasteiger partial charge in [-0.1, -0.05) is 42.5 Å². The van der Waals surface area contributed by atoms with E-state index in [4.69, 9.17) is 0 Å². The number of nitrogens with zero attached hydrogens (tertiary/aromatic N) is 1. The lowest BCUT2D eigenvalue weighted by molar-refractivity contribution is 0.460. The third kappa shape index (κ3) is 3.15. The van der Waals surface area contributed by atoms with Crippen LogP contribution in [0.1, 0.15) is 0 Å². The van der Waals surface area contributed by atoms with Crippen LogP contribution in [0.4, 0.5) is 5.69 Å². The molecular weight excluding hydrogens is 398 g/mol. The van der Waals surface area contributed by atoms with E-state index in [9.17, 15) is 13.5 Å². The van der Waals surface area contributed by atoms with Crippen molar-refractivity contribution in [2.45, 2.75) is 4.90 Å². The summed E-state index contributed by atoms with van der Waals surface area (Å²) in [6.07, 6.45) is 0. The van der Waals surface area contributed by atoms with E-state index >= 15 is 0 Å². The molecule has 0 saturated heterocycles. The second-order valence-corrected chi connectivity index (χ2v) is 8.60. The molecule has 0 atom stereocenters. The normalized spacial score (nSPS) is 11.7. The minimum atomic E-state index is -3.72. The molecule has 0 unspecified atom stereocenters. The van der Waals surface area contributed by atoms with Crippen molar-refractivity contribution < 1.29 is 13.5 Å². The molecule has 30 heavy (non-hydrogen) atoms. The van der Waals surface area contributed by atoms with E-state index < -0.39 is 10.0 Å². The van der Waals surface area contributed by atoms with E-state index in [1.165, 1.54) is 12.1 Å². The molecule has 5 aromatic rings. The Labute approximate surface area is 172 Å². The Morgan fingerprint density at radius 2 is 1.63 bits per heavy atom. The van der Waals surface area contributed by atoms with Gasteiger partial charge >= 0.3 is 0 Å². The van der Waals surface area contributed by atoms with Crippen LogP contribution < -0.4 is 4.72 Å². The maximum Gasteiger partial charge on any atom is 0.261 e. The largest absolute Gasteiger partial charge is 0.494 e. The van der Waals surface area contributed by atoms with E-state index in [-0.39, 0.29) is 10.8 Å². The van der Waals surface area contributed by atoms with Gasteiger partial charge in [-0.3, -0.25) is 4.72 Å². The molecule has 148 valence electrons. The number of hydrogen-bond acceptors (Lipinski definition) is 4. The van der Waals surface area contributed by atoms with Gasteiger partial charge in [0.05, 0.1) is 21.7 Å². The molecule has 3 N–H and O–H groups in total. The number of aromatic amines is 1. The number of sulfonamides is 1. The van der Waals surface area contributed by atoms with Crippen molar-refractivity contribution >= 4 is 37.5 Å². The van der Waals surface area contributed by atoms with Gasteiger partial charge in [0.1, 0.15) is 0 Å². The molecule has 0 aliphatic rings. The number of para-hydroxylation sites is 1. The Balaban J connectivity index is 1.61. The predicted octanol–water partition coefficient (Wildman–Crippen LogP) is 4.89. The summed E-state index contributed by atoms with van der Waals surface area (Å²) >= 11 is 0. The van der Waals surface area contributed by atoms with Crippen LogP contribution in [0.2, 0.25) is 0 Å². The molecule has 7 heteroatoms. The molecular formula is C23H17N3O3S. The quantitative estimate of drug-likeness (QED) is 0.389. The van der Waals surface area contributed by atoms with Crippen LogP contribution in [0.15, 0.2) is 89.8 Å². The van der Waals surface area contributed by atoms with Crippen LogP contribution in [0.5, 0.6) is 5.88 Å². The second-order valence-electron chi connectivity index (χ2n) is 6.92. The molecule has 0 radical (unpaired) electrons. The van der Waals surface area contributed by atoms with E-state index in [0.29, 0.717) is 27.8 Å². The molecule has 0 aliphatic heterocycles. The standard InChI is InChI=1S/C23H17N3O3S/c27-23-22(21-12-10-15-6-4-5-9-19(15)24-21)18-14-16(11-13-20(18)25-23)26-30(28,29)17-7-2-1-3-8-17/h1-14,25-27H. The molecule has 0 bridgehead atoms. The van der Waals surface area contributed by atoms with E-state index in [0.717, 1.165) is 10.9 Å². The molecule has 3 aromatic carbocycles. The van der Waals surface area contributed by atoms with Crippen LogP contribution in [0.3, 0.4) is 0 Å². The summed E-state index contributed by atoms with van der Waals surface area (Å²) in [5.41, 5.74) is 3.01. The Bertz CT molecular complexity index is 1490. The third-order valence-electron chi connectivity index (χ3n) is 4.94. The highest BCUT2D eigenvalue weighted by molar-refractivity contribution is 7.92. The fourth-order valence-electron chi connectivity index (χ4n) is 3.52. The zero-order valence-electron chi connectivity index (χ0n) is 15.7. The van der Waals surface area contributed by atoms with Gasteiger partial charge in [-0.05, 0) is 42.5 Å². The first-order chi connectivity index (χ1) is 14.5. The van der Waals surface area contributed by atoms with Crippen molar-refractivity contribution in [2.24, 2.45) is 0 Å². The molecule has 2 heterocycles. The minimum Gasteiger partial charge on any atom is -0.494 e. The number of hydrogen-bond donors (Lipinski definition) is 3. The first kappa shape index (κ1) is 18.2. The fourth-order valence-corrected chi connectivity index (χ4v) is 4.59. The van der Waals surface area contributed by atoms with Crippen LogP contribution in [0.25, 0.3) is 33.1 Å². The maximum absolute atomic E-state index is 12.7. The van der Waals surface area contributed by atoms with Gasteiger partial charge in [0.2, 0.25) is 0 Å². The van der Waals surface area contributed by atoms with Gasteiger partial charge in [-0.15, -0.1) is 0 Å². The molecule has 0 aliphatic carbocycles. The van der Waals surface area contributed by atoms with Gasteiger partial charge in [0, 0.05) is 22.0 Å². The van der Waals surface area contributed by atoms with E-state index in [1.54, 1.807) is 36.4 Å². The topological polar surface area (TPSA) is 95.1 Å². The van der Waals surface area contributed by atoms with Gasteiger partial charge < -0.3 is 10.1 Å². The van der Waals surface area contributed by atoms with Crippen molar-refractivity contribution in [3.63, 3.8) is 0 Å². The fraction of sp³-hybridized carbons (Fsp3) is 0. The lowest BCUT2D eigenvalue weighted by Crippen LogP contribution is -2.12. The summed E-state index contributed by atoms with van der Waals surface area (Å²) in [6, 6.07) is 24.7. The molecule has 0 saturated carbocycles. The number of aromatic nitrogens is 2. The van der Waals surface area contributed by atoms with Gasteiger partial charge in [-0.2, -0.15) is 0 Å². The number of fused-ring (bicyclic) bond motifs is 2. The zero-order valence-corrected chi connectivity index (χ0v) is 16.5. The van der Waals surface area contributed by atoms with Crippen LogP contribution >= 0.6 is 0 Å². The first-order valence-electron chi connectivity index (χ1n) is 9.30. The number of pyridine rings is 1. The Hall–Kier alpha value is -3.84. The summed E-state index contributed by atoms with van der Waals surface area (Å²) in [5.74, 6) is -0.0177. The first-order valence-corrected chi connectivity index (χ1v) is 10.8. The van der Waals surface area contributed by atoms with Crippen molar-refractivity contribution in [1.82, 2.24) is 9.97 Å². The molecule has 2 aromatic heterocycles. The van der Waals surface area contributed by atoms with Crippen LogP contribution in [0, 0.1) is 0 Å². The third-order valence-corrected chi connectivity index (χ3v) is 6.34. The number of rotatable bonds is 4. The van der Waals surface area contributed by atoms with Gasteiger partial charge in [0.25, 0.3) is 10.0 Å². The van der Waals surface area contributed by atoms with E-state index in [2.05, 4.69) is 14.7 Å². The van der Waals surface area contributed by atoms with Crippen molar-refractivity contribution in [2.75, 3.05) is 4.72 Å². The predicted molar refractivity (Wildman–Crippen MR) is 118 cm³/mol. The van der Waals surface area contributed by atoms with Crippen molar-refractivity contribution in [1.29, 1.82) is 0 Å². The number of aromatic hydroxyl groups is 1. The summed E-state index contributed by atoms with van der Waals surface area (Å²) in [4.78, 5) is 7.77. The van der Waals surface area contributed by atoms with E-state index in [1.807, 2.05) is 36.4 Å². The summed E-state index contributed by atoms with van der Waals surface area (Å²) in [5, 5.41) is 12.2. The second kappa shape index (κ2) is 6.89. The number of H-pyrrole nitrogens is 1. The summed E-state index contributed by atoms with van der Waals surface area (Å²) in [6.45, 7) is 0. The summed E-state index contributed by atoms with van der Waals surface area (Å²) < 4.78 is 27.9. The Kier molecular flexibility index (Phi) is 4.18. The van der Waals surface area contributed by atoms with Crippen LogP contribution in [-0.2, 0) is 10.0 Å². The Morgan fingerprint density at radius 3 is 2.47 bits per heavy atom. The molecule has 5 rings (SSSR count). The number of nitrogens with one attached hydrogen (secondary N) is 2. The SMILES string of the molecule is O=S(=O)(Nc1ccc2[nH]c(O)c(-c3ccc4ccccc4n3)c2c1)c1ccccc1. The smallest absolute Gasteiger partial charge is 0.261 e. The molecule has 0 fully saturated rings. The average Bonchev–Trinajstić information content (AvgIpc) is 3.09. The van der Waals surface area contributed by atoms with Gasteiger partial charge in [-0.25, -0.2) is 13.4 Å². The lowest BCUT2D eigenvalue weighted by atomic mass is 10.1. The monoisotopic (exact) mass is 415 g/mol. The zero-order chi connectivity index (χ0) is 20.7. The molecule has 0 spiro atoms. The highest BCUT2D eigenvalue weighted by Crippen LogP contribution is 2.37. The molecule has 6 nitrogen and oxygen atoms in total. The Morgan fingerprint density at radius 1 is 0.867 bits per heavy atom. The maximum atomic E-state index is 12.7. The number of benzene rings is 3. The summed E-state index contributed by atoms with van der Waals surface area (Å²) in [7, 11) is -3.72. The van der Waals surface area contributed by atoms with Crippen molar-refractivity contribution in [3.8, 4) is 17.1 Å². The highest BCUT2D eigenvalue weighted by atomic mass is 32.2. The molecule has 0 amide bonds. The lowest BCUT2D eigenvalue weighted by Gasteiger charge is -2.09. The van der Waals surface area contributed by atoms with Gasteiger partial charge in [0.15, 0.2) is 5.88 Å². The van der Waals surface area contributed by atoms with Crippen LogP contribution in [-0.4, -0.2) is 23.5 Å². The van der Waals surface area contributed by atoms with Crippen molar-refractivity contribution in [3.05, 3.63) is 84.9 Å². The minimum absolute atomic E-state index is 0.0177. The number of anilines is 1. The highest BCUT2D eigenvalue weighted by Gasteiger charge is 2.18. The average molecular weight is 415 g/mol.